The van der Waals surface area contributed by atoms with E-state index in [9.17, 15) is 0 Å². The third-order valence-corrected chi connectivity index (χ3v) is 5.24. The van der Waals surface area contributed by atoms with E-state index in [1.807, 2.05) is 0 Å². The molecule has 0 heterocycles. The van der Waals surface area contributed by atoms with Gasteiger partial charge in [-0.05, 0) is 28.3 Å². The molecule has 0 saturated heterocycles. The van der Waals surface area contributed by atoms with Gasteiger partial charge in [0.15, 0.2) is 0 Å². The first-order chi connectivity index (χ1) is 10.8. The SMILES string of the molecule is BrC1=Cc2ccccc2C1(c1ccccc1)c1ccccc1. The zero-order valence-electron chi connectivity index (χ0n) is 12.0. The first kappa shape index (κ1) is 13.5. The van der Waals surface area contributed by atoms with Gasteiger partial charge in [-0.3, -0.25) is 0 Å². The van der Waals surface area contributed by atoms with Gasteiger partial charge in [0.2, 0.25) is 0 Å². The van der Waals surface area contributed by atoms with Crippen molar-refractivity contribution in [2.45, 2.75) is 5.41 Å². The summed E-state index contributed by atoms with van der Waals surface area (Å²) in [5.74, 6) is 0. The summed E-state index contributed by atoms with van der Waals surface area (Å²) in [6, 6.07) is 30.1. The van der Waals surface area contributed by atoms with Crippen molar-refractivity contribution >= 4 is 22.0 Å². The fourth-order valence-electron chi connectivity index (χ4n) is 3.47. The van der Waals surface area contributed by atoms with Gasteiger partial charge < -0.3 is 0 Å². The molecule has 0 amide bonds. The number of rotatable bonds is 2. The average molecular weight is 347 g/mol. The highest BCUT2D eigenvalue weighted by Crippen LogP contribution is 2.53. The molecule has 0 nitrogen and oxygen atoms in total. The maximum absolute atomic E-state index is 3.88. The van der Waals surface area contributed by atoms with Crippen molar-refractivity contribution in [3.05, 3.63) is 112 Å². The maximum Gasteiger partial charge on any atom is 0.0772 e. The van der Waals surface area contributed by atoms with Gasteiger partial charge >= 0.3 is 0 Å². The summed E-state index contributed by atoms with van der Waals surface area (Å²) in [6.07, 6.45) is 2.25. The lowest BCUT2D eigenvalue weighted by Gasteiger charge is -2.33. The molecule has 3 aromatic rings. The predicted molar refractivity (Wildman–Crippen MR) is 96.1 cm³/mol. The maximum atomic E-state index is 3.88. The Morgan fingerprint density at radius 1 is 0.591 bits per heavy atom. The van der Waals surface area contributed by atoms with Crippen molar-refractivity contribution in [2.75, 3.05) is 0 Å². The molecule has 0 bridgehead atoms. The Kier molecular flexibility index (Phi) is 3.24. The highest BCUT2D eigenvalue weighted by atomic mass is 79.9. The minimum Gasteiger partial charge on any atom is -0.0622 e. The molecule has 3 aromatic carbocycles. The van der Waals surface area contributed by atoms with E-state index in [0.29, 0.717) is 0 Å². The van der Waals surface area contributed by atoms with Crippen LogP contribution in [-0.2, 0) is 5.41 Å². The van der Waals surface area contributed by atoms with Gasteiger partial charge in [0.05, 0.1) is 5.41 Å². The monoisotopic (exact) mass is 346 g/mol. The molecule has 0 radical (unpaired) electrons. The number of halogens is 1. The first-order valence-electron chi connectivity index (χ1n) is 7.42. The minimum absolute atomic E-state index is 0.251. The molecule has 0 aromatic heterocycles. The van der Waals surface area contributed by atoms with Crippen molar-refractivity contribution in [3.8, 4) is 0 Å². The summed E-state index contributed by atoms with van der Waals surface area (Å²) < 4.78 is 1.19. The number of fused-ring (bicyclic) bond motifs is 1. The van der Waals surface area contributed by atoms with E-state index in [2.05, 4.69) is 107 Å². The third kappa shape index (κ3) is 1.82. The molecule has 0 saturated carbocycles. The number of allylic oxidation sites excluding steroid dienone is 1. The molecular weight excluding hydrogens is 332 g/mol. The van der Waals surface area contributed by atoms with E-state index in [4.69, 9.17) is 0 Å². The van der Waals surface area contributed by atoms with Crippen LogP contribution in [0.5, 0.6) is 0 Å². The molecule has 0 atom stereocenters. The zero-order chi connectivity index (χ0) is 15.0. The molecule has 0 unspecified atom stereocenters. The lowest BCUT2D eigenvalue weighted by atomic mass is 9.71. The molecule has 0 aliphatic heterocycles. The summed E-state index contributed by atoms with van der Waals surface area (Å²) in [5, 5.41) is 0. The molecule has 1 heteroatoms. The number of hydrogen-bond acceptors (Lipinski definition) is 0. The van der Waals surface area contributed by atoms with Crippen molar-refractivity contribution < 1.29 is 0 Å². The van der Waals surface area contributed by atoms with Crippen molar-refractivity contribution in [3.63, 3.8) is 0 Å². The molecule has 22 heavy (non-hydrogen) atoms. The van der Waals surface area contributed by atoms with Gasteiger partial charge in [-0.15, -0.1) is 0 Å². The molecule has 1 aliphatic rings. The van der Waals surface area contributed by atoms with E-state index < -0.39 is 0 Å². The van der Waals surface area contributed by atoms with Gasteiger partial charge in [0, 0.05) is 4.48 Å². The van der Waals surface area contributed by atoms with Crippen molar-refractivity contribution in [1.82, 2.24) is 0 Å². The largest absolute Gasteiger partial charge is 0.0772 e. The minimum atomic E-state index is -0.251. The fraction of sp³-hybridized carbons (Fsp3) is 0.0476. The van der Waals surface area contributed by atoms with E-state index in [-0.39, 0.29) is 5.41 Å². The van der Waals surface area contributed by atoms with Gasteiger partial charge in [-0.2, -0.15) is 0 Å². The lowest BCUT2D eigenvalue weighted by Crippen LogP contribution is -2.27. The van der Waals surface area contributed by atoms with Gasteiger partial charge in [0.1, 0.15) is 0 Å². The summed E-state index contributed by atoms with van der Waals surface area (Å²) >= 11 is 3.88. The summed E-state index contributed by atoms with van der Waals surface area (Å²) in [4.78, 5) is 0. The quantitative estimate of drug-likeness (QED) is 0.552. The Hall–Kier alpha value is -2.12. The Balaban J connectivity index is 2.10. The van der Waals surface area contributed by atoms with Crippen LogP contribution in [0.4, 0.5) is 0 Å². The van der Waals surface area contributed by atoms with Gasteiger partial charge in [-0.1, -0.05) is 101 Å². The van der Waals surface area contributed by atoms with Crippen LogP contribution >= 0.6 is 15.9 Å². The van der Waals surface area contributed by atoms with E-state index in [1.165, 1.54) is 26.7 Å². The molecule has 106 valence electrons. The van der Waals surface area contributed by atoms with Crippen molar-refractivity contribution in [2.24, 2.45) is 0 Å². The summed E-state index contributed by atoms with van der Waals surface area (Å²) in [5.41, 5.74) is 4.93. The second-order valence-electron chi connectivity index (χ2n) is 5.56. The van der Waals surface area contributed by atoms with E-state index in [1.54, 1.807) is 0 Å². The second-order valence-corrected chi connectivity index (χ2v) is 6.42. The first-order valence-corrected chi connectivity index (χ1v) is 8.21. The Morgan fingerprint density at radius 2 is 1.09 bits per heavy atom. The molecule has 0 spiro atoms. The Labute approximate surface area is 139 Å². The number of hydrogen-bond donors (Lipinski definition) is 0. The second kappa shape index (κ2) is 5.26. The summed E-state index contributed by atoms with van der Waals surface area (Å²) in [6.45, 7) is 0. The molecule has 0 fully saturated rings. The summed E-state index contributed by atoms with van der Waals surface area (Å²) in [7, 11) is 0. The van der Waals surface area contributed by atoms with E-state index >= 15 is 0 Å². The van der Waals surface area contributed by atoms with Crippen LogP contribution in [0, 0.1) is 0 Å². The number of benzene rings is 3. The van der Waals surface area contributed by atoms with Crippen molar-refractivity contribution in [1.29, 1.82) is 0 Å². The molecule has 1 aliphatic carbocycles. The Morgan fingerprint density at radius 3 is 1.68 bits per heavy atom. The lowest BCUT2D eigenvalue weighted by molar-refractivity contribution is 0.785. The molecular formula is C21H15Br. The Bertz CT molecular complexity index is 793. The van der Waals surface area contributed by atoms with Gasteiger partial charge in [0.25, 0.3) is 0 Å². The average Bonchev–Trinajstić information content (AvgIpc) is 2.89. The van der Waals surface area contributed by atoms with Crippen LogP contribution in [0.2, 0.25) is 0 Å². The van der Waals surface area contributed by atoms with Crippen LogP contribution in [-0.4, -0.2) is 0 Å². The van der Waals surface area contributed by atoms with Crippen LogP contribution < -0.4 is 0 Å². The van der Waals surface area contributed by atoms with Crippen LogP contribution in [0.25, 0.3) is 6.08 Å². The van der Waals surface area contributed by atoms with Crippen LogP contribution in [0.15, 0.2) is 89.4 Å². The third-order valence-electron chi connectivity index (χ3n) is 4.42. The highest BCUT2D eigenvalue weighted by Gasteiger charge is 2.43. The standard InChI is InChI=1S/C21H15Br/c22-20-15-16-9-7-8-14-19(16)21(20,17-10-3-1-4-11-17)18-12-5-2-6-13-18/h1-15H. The van der Waals surface area contributed by atoms with Crippen LogP contribution in [0.3, 0.4) is 0 Å². The normalized spacial score (nSPS) is 15.2. The van der Waals surface area contributed by atoms with Crippen LogP contribution in [0.1, 0.15) is 22.3 Å². The van der Waals surface area contributed by atoms with Gasteiger partial charge in [-0.25, -0.2) is 0 Å². The molecule has 4 rings (SSSR count). The highest BCUT2D eigenvalue weighted by molar-refractivity contribution is 9.11. The molecule has 0 N–H and O–H groups in total. The van der Waals surface area contributed by atoms with E-state index in [0.717, 1.165) is 0 Å². The smallest absolute Gasteiger partial charge is 0.0622 e. The fourth-order valence-corrected chi connectivity index (χ4v) is 4.39. The topological polar surface area (TPSA) is 0 Å². The predicted octanol–water partition coefficient (Wildman–Crippen LogP) is 5.77. The zero-order valence-corrected chi connectivity index (χ0v) is 13.6.